The lowest BCUT2D eigenvalue weighted by atomic mass is 9.97. The van der Waals surface area contributed by atoms with Crippen molar-refractivity contribution in [3.05, 3.63) is 30.1 Å². The first-order chi connectivity index (χ1) is 14.2. The number of benzene rings is 1. The van der Waals surface area contributed by atoms with Gasteiger partial charge in [-0.25, -0.2) is 4.39 Å². The third-order valence-corrected chi connectivity index (χ3v) is 6.04. The molecular weight excluding hydrogens is 496 g/mol. The molecule has 0 saturated carbocycles. The van der Waals surface area contributed by atoms with Crippen LogP contribution in [0.3, 0.4) is 0 Å². The number of rotatable bonds is 7. The van der Waals surface area contributed by atoms with Crippen molar-refractivity contribution in [2.75, 3.05) is 64.9 Å². The maximum atomic E-state index is 13.6. The van der Waals surface area contributed by atoms with E-state index in [9.17, 15) is 4.39 Å². The lowest BCUT2D eigenvalue weighted by Crippen LogP contribution is -2.52. The summed E-state index contributed by atoms with van der Waals surface area (Å²) in [6.45, 7) is 6.92. The zero-order chi connectivity index (χ0) is 20.5. The Morgan fingerprint density at radius 3 is 2.73 bits per heavy atom. The van der Waals surface area contributed by atoms with E-state index in [0.29, 0.717) is 12.0 Å². The molecular formula is C22H37FIN5O. The molecule has 2 aliphatic rings. The summed E-state index contributed by atoms with van der Waals surface area (Å²) in [5.74, 6) is 1.38. The number of hydrogen-bond donors (Lipinski definition) is 2. The van der Waals surface area contributed by atoms with E-state index in [0.717, 1.165) is 70.4 Å². The Bertz CT molecular complexity index is 654. The lowest BCUT2D eigenvalue weighted by molar-refractivity contribution is 0.121. The monoisotopic (exact) mass is 533 g/mol. The molecule has 3 rings (SSSR count). The number of likely N-dealkylation sites (tertiary alicyclic amines) is 1. The van der Waals surface area contributed by atoms with Gasteiger partial charge in [0.15, 0.2) is 5.96 Å². The molecule has 2 N–H and O–H groups in total. The van der Waals surface area contributed by atoms with Crippen LogP contribution in [0, 0.1) is 11.7 Å². The molecule has 0 aromatic heterocycles. The van der Waals surface area contributed by atoms with Gasteiger partial charge >= 0.3 is 0 Å². The molecule has 8 heteroatoms. The fourth-order valence-electron chi connectivity index (χ4n) is 4.27. The van der Waals surface area contributed by atoms with Crippen LogP contribution in [0.25, 0.3) is 0 Å². The van der Waals surface area contributed by atoms with Crippen molar-refractivity contribution >= 4 is 35.6 Å². The number of anilines is 1. The molecule has 2 heterocycles. The first-order valence-corrected chi connectivity index (χ1v) is 10.9. The highest BCUT2D eigenvalue weighted by molar-refractivity contribution is 14.0. The number of aliphatic imine (C=N–C) groups is 1. The molecule has 2 fully saturated rings. The topological polar surface area (TPSA) is 52.1 Å². The van der Waals surface area contributed by atoms with Gasteiger partial charge in [-0.15, -0.1) is 24.0 Å². The summed E-state index contributed by atoms with van der Waals surface area (Å²) < 4.78 is 18.7. The van der Waals surface area contributed by atoms with Gasteiger partial charge in [0, 0.05) is 52.1 Å². The third kappa shape index (κ3) is 7.85. The van der Waals surface area contributed by atoms with E-state index in [1.165, 1.54) is 18.9 Å². The predicted octanol–water partition coefficient (Wildman–Crippen LogP) is 2.94. The Labute approximate surface area is 197 Å². The van der Waals surface area contributed by atoms with Gasteiger partial charge in [0.25, 0.3) is 0 Å². The van der Waals surface area contributed by atoms with E-state index in [2.05, 4.69) is 25.4 Å². The molecule has 170 valence electrons. The molecule has 6 nitrogen and oxygen atoms in total. The van der Waals surface area contributed by atoms with Crippen molar-refractivity contribution in [3.63, 3.8) is 0 Å². The number of nitrogens with zero attached hydrogens (tertiary/aromatic N) is 3. The zero-order valence-electron chi connectivity index (χ0n) is 18.3. The number of ether oxygens (including phenoxy) is 1. The normalized spacial score (nSPS) is 21.2. The molecule has 30 heavy (non-hydrogen) atoms. The molecule has 2 saturated heterocycles. The average molecular weight is 533 g/mol. The van der Waals surface area contributed by atoms with E-state index < -0.39 is 0 Å². The maximum absolute atomic E-state index is 13.6. The second kappa shape index (κ2) is 13.3. The Kier molecular flexibility index (Phi) is 11.2. The Balaban J connectivity index is 0.00000320. The van der Waals surface area contributed by atoms with E-state index in [4.69, 9.17) is 4.74 Å². The van der Waals surface area contributed by atoms with Crippen LogP contribution >= 0.6 is 24.0 Å². The second-order valence-corrected chi connectivity index (χ2v) is 8.14. The van der Waals surface area contributed by atoms with Crippen molar-refractivity contribution in [1.29, 1.82) is 0 Å². The van der Waals surface area contributed by atoms with Crippen molar-refractivity contribution < 1.29 is 9.13 Å². The van der Waals surface area contributed by atoms with Crippen LogP contribution in [0.4, 0.5) is 10.1 Å². The van der Waals surface area contributed by atoms with E-state index in [-0.39, 0.29) is 29.8 Å². The smallest absolute Gasteiger partial charge is 0.191 e. The second-order valence-electron chi connectivity index (χ2n) is 8.14. The van der Waals surface area contributed by atoms with Gasteiger partial charge in [-0.3, -0.25) is 4.99 Å². The third-order valence-electron chi connectivity index (χ3n) is 6.04. The van der Waals surface area contributed by atoms with Crippen LogP contribution in [0.1, 0.15) is 25.7 Å². The number of hydrogen-bond acceptors (Lipinski definition) is 4. The summed E-state index contributed by atoms with van der Waals surface area (Å²) >= 11 is 0. The minimum absolute atomic E-state index is 0. The van der Waals surface area contributed by atoms with Gasteiger partial charge in [-0.05, 0) is 62.9 Å². The minimum Gasteiger partial charge on any atom is -0.383 e. The fraction of sp³-hybridized carbons (Fsp3) is 0.682. The van der Waals surface area contributed by atoms with Crippen LogP contribution in [0.5, 0.6) is 0 Å². The molecule has 2 aliphatic heterocycles. The van der Waals surface area contributed by atoms with Gasteiger partial charge in [0.1, 0.15) is 5.82 Å². The summed E-state index contributed by atoms with van der Waals surface area (Å²) in [5, 5.41) is 7.10. The van der Waals surface area contributed by atoms with Gasteiger partial charge in [0.2, 0.25) is 0 Å². The highest BCUT2D eigenvalue weighted by Crippen LogP contribution is 2.21. The van der Waals surface area contributed by atoms with E-state index in [1.54, 1.807) is 19.2 Å². The quantitative estimate of drug-likeness (QED) is 0.321. The summed E-state index contributed by atoms with van der Waals surface area (Å²) in [4.78, 5) is 9.16. The number of nitrogens with one attached hydrogen (secondary N) is 2. The van der Waals surface area contributed by atoms with Crippen molar-refractivity contribution in [2.45, 2.75) is 31.7 Å². The molecule has 0 aliphatic carbocycles. The number of guanidine groups is 1. The molecule has 1 aromatic carbocycles. The van der Waals surface area contributed by atoms with Gasteiger partial charge in [-0.2, -0.15) is 0 Å². The van der Waals surface area contributed by atoms with Crippen LogP contribution in [-0.2, 0) is 4.74 Å². The van der Waals surface area contributed by atoms with Crippen molar-refractivity contribution in [1.82, 2.24) is 15.5 Å². The Morgan fingerprint density at radius 1 is 1.23 bits per heavy atom. The van der Waals surface area contributed by atoms with Crippen LogP contribution in [0.2, 0.25) is 0 Å². The average Bonchev–Trinajstić information content (AvgIpc) is 2.76. The number of piperidine rings is 2. The Hall–Kier alpha value is -1.13. The van der Waals surface area contributed by atoms with Crippen LogP contribution in [0.15, 0.2) is 29.3 Å². The summed E-state index contributed by atoms with van der Waals surface area (Å²) in [6.07, 6.45) is 4.62. The molecule has 1 atom stereocenters. The predicted molar refractivity (Wildman–Crippen MR) is 133 cm³/mol. The molecule has 0 bridgehead atoms. The van der Waals surface area contributed by atoms with Crippen molar-refractivity contribution in [3.8, 4) is 0 Å². The zero-order valence-corrected chi connectivity index (χ0v) is 20.6. The fourth-order valence-corrected chi connectivity index (χ4v) is 4.27. The molecule has 0 amide bonds. The first-order valence-electron chi connectivity index (χ1n) is 10.9. The summed E-state index contributed by atoms with van der Waals surface area (Å²) in [6, 6.07) is 7.19. The first kappa shape index (κ1) is 25.1. The molecule has 1 aromatic rings. The molecule has 1 unspecified atom stereocenters. The molecule has 0 radical (unpaired) electrons. The van der Waals surface area contributed by atoms with Crippen LogP contribution < -0.4 is 15.5 Å². The number of halogens is 2. The van der Waals surface area contributed by atoms with Gasteiger partial charge in [0.05, 0.1) is 6.61 Å². The maximum Gasteiger partial charge on any atom is 0.191 e. The van der Waals surface area contributed by atoms with Crippen LogP contribution in [-0.4, -0.2) is 76.9 Å². The highest BCUT2D eigenvalue weighted by atomic mass is 127. The summed E-state index contributed by atoms with van der Waals surface area (Å²) in [7, 11) is 3.59. The van der Waals surface area contributed by atoms with E-state index in [1.807, 2.05) is 13.1 Å². The summed E-state index contributed by atoms with van der Waals surface area (Å²) in [5.41, 5.74) is 0.958. The molecule has 0 spiro atoms. The van der Waals surface area contributed by atoms with Gasteiger partial charge < -0.3 is 25.2 Å². The highest BCUT2D eigenvalue weighted by Gasteiger charge is 2.22. The Morgan fingerprint density at radius 2 is 2.03 bits per heavy atom. The largest absolute Gasteiger partial charge is 0.383 e. The van der Waals surface area contributed by atoms with Gasteiger partial charge in [-0.1, -0.05) is 6.07 Å². The standard InChI is InChI=1S/C22H36FN5O.HI/c1-24-22(25-16-18-8-11-27(12-9-18)13-14-29-2)26-20-6-4-10-28(17-20)21-7-3-5-19(23)15-21;/h3,5,7,15,18,20H,4,6,8-14,16-17H2,1-2H3,(H2,24,25,26);1H. The minimum atomic E-state index is -0.177. The number of methoxy groups -OCH3 is 1. The lowest BCUT2D eigenvalue weighted by Gasteiger charge is -2.36. The van der Waals surface area contributed by atoms with E-state index >= 15 is 0 Å². The van der Waals surface area contributed by atoms with Crippen molar-refractivity contribution in [2.24, 2.45) is 10.9 Å². The SMILES string of the molecule is CN=C(NCC1CCN(CCOC)CC1)NC1CCCN(c2cccc(F)c2)C1.I.